The molecule has 1 atom stereocenters. The van der Waals surface area contributed by atoms with Gasteiger partial charge < -0.3 is 20.5 Å². The quantitative estimate of drug-likeness (QED) is 0.578. The fraction of sp³-hybridized carbons (Fsp3) is 0.381. The van der Waals surface area contributed by atoms with E-state index in [1.807, 2.05) is 37.3 Å². The maximum atomic E-state index is 9.62. The zero-order valence-corrected chi connectivity index (χ0v) is 15.6. The first-order valence-corrected chi connectivity index (χ1v) is 9.07. The van der Waals surface area contributed by atoms with Gasteiger partial charge in [-0.1, -0.05) is 30.3 Å². The van der Waals surface area contributed by atoms with Crippen molar-refractivity contribution in [1.82, 2.24) is 10.6 Å². The van der Waals surface area contributed by atoms with Gasteiger partial charge in [0, 0.05) is 18.5 Å². The van der Waals surface area contributed by atoms with E-state index in [9.17, 15) is 5.11 Å². The summed E-state index contributed by atoms with van der Waals surface area (Å²) in [5.41, 5.74) is 1.87. The van der Waals surface area contributed by atoms with Crippen molar-refractivity contribution in [2.24, 2.45) is 4.99 Å². The lowest BCUT2D eigenvalue weighted by atomic mass is 9.90. The van der Waals surface area contributed by atoms with Gasteiger partial charge in [-0.2, -0.15) is 0 Å². The summed E-state index contributed by atoms with van der Waals surface area (Å²) < 4.78 is 6.11. The lowest BCUT2D eigenvalue weighted by Gasteiger charge is -2.38. The first-order valence-electron chi connectivity index (χ1n) is 9.07. The Bertz CT molecular complexity index is 786. The first kappa shape index (κ1) is 18.1. The van der Waals surface area contributed by atoms with Gasteiger partial charge in [-0.15, -0.1) is 0 Å². The van der Waals surface area contributed by atoms with E-state index in [2.05, 4.69) is 35.5 Å². The van der Waals surface area contributed by atoms with Crippen LogP contribution in [0.25, 0.3) is 0 Å². The summed E-state index contributed by atoms with van der Waals surface area (Å²) in [7, 11) is 0. The molecule has 0 aromatic heterocycles. The largest absolute Gasteiger partial charge is 0.508 e. The predicted octanol–water partition coefficient (Wildman–Crippen LogP) is 3.75. The first-order chi connectivity index (χ1) is 12.5. The third kappa shape index (κ3) is 4.48. The van der Waals surface area contributed by atoms with Gasteiger partial charge in [-0.3, -0.25) is 0 Å². The Balaban J connectivity index is 1.80. The molecule has 0 bridgehead atoms. The average molecular weight is 353 g/mol. The maximum absolute atomic E-state index is 9.62. The molecule has 3 N–H and O–H groups in total. The summed E-state index contributed by atoms with van der Waals surface area (Å²) in [6.07, 6.45) is 0.848. The van der Waals surface area contributed by atoms with Crippen LogP contribution in [-0.4, -0.2) is 23.2 Å². The van der Waals surface area contributed by atoms with Crippen LogP contribution in [0.2, 0.25) is 0 Å². The van der Waals surface area contributed by atoms with E-state index in [0.717, 1.165) is 35.8 Å². The third-order valence-electron chi connectivity index (χ3n) is 4.36. The number of rotatable bonds is 4. The van der Waals surface area contributed by atoms with Crippen LogP contribution < -0.4 is 15.4 Å². The molecule has 0 amide bonds. The van der Waals surface area contributed by atoms with Crippen molar-refractivity contribution in [3.05, 3.63) is 59.7 Å². The van der Waals surface area contributed by atoms with Crippen molar-refractivity contribution < 1.29 is 9.84 Å². The second kappa shape index (κ2) is 7.68. The molecule has 0 fully saturated rings. The highest BCUT2D eigenvalue weighted by atomic mass is 16.5. The molecule has 5 nitrogen and oxygen atoms in total. The van der Waals surface area contributed by atoms with Gasteiger partial charge in [0.05, 0.1) is 12.6 Å². The molecule has 138 valence electrons. The Morgan fingerprint density at radius 2 is 2.04 bits per heavy atom. The zero-order chi connectivity index (χ0) is 18.6. The fourth-order valence-electron chi connectivity index (χ4n) is 3.24. The van der Waals surface area contributed by atoms with Crippen molar-refractivity contribution in [3.8, 4) is 11.5 Å². The summed E-state index contributed by atoms with van der Waals surface area (Å²) in [4.78, 5) is 4.68. The van der Waals surface area contributed by atoms with Gasteiger partial charge in [-0.05, 0) is 44.5 Å². The second-order valence-electron chi connectivity index (χ2n) is 7.17. The smallest absolute Gasteiger partial charge is 0.192 e. The van der Waals surface area contributed by atoms with Crippen LogP contribution in [0.3, 0.4) is 0 Å². The lowest BCUT2D eigenvalue weighted by Crippen LogP contribution is -2.45. The van der Waals surface area contributed by atoms with Crippen molar-refractivity contribution in [3.63, 3.8) is 0 Å². The fourth-order valence-corrected chi connectivity index (χ4v) is 3.24. The number of para-hydroxylation sites is 1. The molecule has 1 aliphatic rings. The maximum Gasteiger partial charge on any atom is 0.192 e. The van der Waals surface area contributed by atoms with Crippen LogP contribution in [0.1, 0.15) is 44.4 Å². The molecule has 0 radical (unpaired) electrons. The van der Waals surface area contributed by atoms with E-state index in [0.29, 0.717) is 6.54 Å². The number of nitrogens with zero attached hydrogens (tertiary/aromatic N) is 1. The Kier molecular flexibility index (Phi) is 5.35. The minimum atomic E-state index is -0.242. The number of aromatic hydroxyl groups is 1. The molecule has 1 unspecified atom stereocenters. The molecule has 0 saturated heterocycles. The van der Waals surface area contributed by atoms with Crippen molar-refractivity contribution in [1.29, 1.82) is 0 Å². The molecule has 0 saturated carbocycles. The van der Waals surface area contributed by atoms with E-state index in [-0.39, 0.29) is 17.4 Å². The molecule has 0 aliphatic carbocycles. The average Bonchev–Trinajstić information content (AvgIpc) is 2.59. The number of fused-ring (bicyclic) bond motifs is 1. The van der Waals surface area contributed by atoms with Gasteiger partial charge in [-0.25, -0.2) is 4.99 Å². The minimum absolute atomic E-state index is 0.122. The lowest BCUT2D eigenvalue weighted by molar-refractivity contribution is 0.0694. The molecular formula is C21H27N3O2. The number of hydrogen-bond donors (Lipinski definition) is 3. The SMILES string of the molecule is CCNC(=NCc1cccc(O)c1)NC1CC(C)(C)Oc2ccccc21. The summed E-state index contributed by atoms with van der Waals surface area (Å²) in [6.45, 7) is 7.54. The van der Waals surface area contributed by atoms with E-state index < -0.39 is 0 Å². The van der Waals surface area contributed by atoms with Gasteiger partial charge in [0.15, 0.2) is 5.96 Å². The Labute approximate surface area is 155 Å². The topological polar surface area (TPSA) is 65.9 Å². The molecular weight excluding hydrogens is 326 g/mol. The zero-order valence-electron chi connectivity index (χ0n) is 15.6. The molecule has 26 heavy (non-hydrogen) atoms. The monoisotopic (exact) mass is 353 g/mol. The molecule has 1 aliphatic heterocycles. The summed E-state index contributed by atoms with van der Waals surface area (Å²) in [5, 5.41) is 16.5. The van der Waals surface area contributed by atoms with E-state index in [4.69, 9.17) is 4.74 Å². The Hall–Kier alpha value is -2.69. The number of aliphatic imine (C=N–C) groups is 1. The highest BCUT2D eigenvalue weighted by molar-refractivity contribution is 5.80. The van der Waals surface area contributed by atoms with Crippen LogP contribution >= 0.6 is 0 Å². The standard InChI is InChI=1S/C21H27N3O2/c1-4-22-20(23-14-15-8-7-9-16(25)12-15)24-18-13-21(2,3)26-19-11-6-5-10-17(18)19/h5-12,18,25H,4,13-14H2,1-3H3,(H2,22,23,24). The molecule has 3 rings (SSSR count). The number of phenols is 1. The second-order valence-corrected chi connectivity index (χ2v) is 7.17. The number of hydrogen-bond acceptors (Lipinski definition) is 3. The third-order valence-corrected chi connectivity index (χ3v) is 4.36. The summed E-state index contributed by atoms with van der Waals surface area (Å²) >= 11 is 0. The highest BCUT2D eigenvalue weighted by Crippen LogP contribution is 2.39. The molecule has 1 heterocycles. The highest BCUT2D eigenvalue weighted by Gasteiger charge is 2.33. The van der Waals surface area contributed by atoms with Gasteiger partial charge in [0.25, 0.3) is 0 Å². The molecule has 2 aromatic rings. The summed E-state index contributed by atoms with van der Waals surface area (Å²) in [6, 6.07) is 15.5. The van der Waals surface area contributed by atoms with Crippen LogP contribution in [0, 0.1) is 0 Å². The van der Waals surface area contributed by atoms with E-state index in [1.165, 1.54) is 0 Å². The van der Waals surface area contributed by atoms with Crippen LogP contribution in [0.15, 0.2) is 53.5 Å². The van der Waals surface area contributed by atoms with Gasteiger partial charge >= 0.3 is 0 Å². The molecule has 0 spiro atoms. The van der Waals surface area contributed by atoms with Crippen molar-refractivity contribution >= 4 is 5.96 Å². The number of nitrogens with one attached hydrogen (secondary N) is 2. The number of phenolic OH excluding ortho intramolecular Hbond substituents is 1. The van der Waals surface area contributed by atoms with Crippen LogP contribution in [-0.2, 0) is 6.54 Å². The predicted molar refractivity (Wildman–Crippen MR) is 105 cm³/mol. The Morgan fingerprint density at radius 1 is 1.23 bits per heavy atom. The van der Waals surface area contributed by atoms with Gasteiger partial charge in [0.1, 0.15) is 17.1 Å². The number of benzene rings is 2. The van der Waals surface area contributed by atoms with Crippen molar-refractivity contribution in [2.75, 3.05) is 6.54 Å². The molecule has 5 heteroatoms. The van der Waals surface area contributed by atoms with E-state index in [1.54, 1.807) is 12.1 Å². The van der Waals surface area contributed by atoms with E-state index >= 15 is 0 Å². The van der Waals surface area contributed by atoms with Crippen LogP contribution in [0.5, 0.6) is 11.5 Å². The van der Waals surface area contributed by atoms with Crippen molar-refractivity contribution in [2.45, 2.75) is 45.4 Å². The summed E-state index contributed by atoms with van der Waals surface area (Å²) in [5.74, 6) is 1.94. The van der Waals surface area contributed by atoms with Gasteiger partial charge in [0.2, 0.25) is 0 Å². The minimum Gasteiger partial charge on any atom is -0.508 e. The Morgan fingerprint density at radius 3 is 2.81 bits per heavy atom. The number of guanidine groups is 1. The number of ether oxygens (including phenoxy) is 1. The normalized spacial score (nSPS) is 18.6. The van der Waals surface area contributed by atoms with Crippen LogP contribution in [0.4, 0.5) is 0 Å². The molecule has 2 aromatic carbocycles.